The first-order chi connectivity index (χ1) is 14.6. The van der Waals surface area contributed by atoms with Gasteiger partial charge in [-0.15, -0.1) is 0 Å². The molecule has 0 amide bonds. The Hall–Kier alpha value is -4.00. The molecule has 6 nitrogen and oxygen atoms in total. The largest absolute Gasteiger partial charge is 0.379 e. The number of fused-ring (bicyclic) bond motifs is 2. The minimum absolute atomic E-state index is 0.233. The Morgan fingerprint density at radius 3 is 2.83 bits per heavy atom. The Labute approximate surface area is 172 Å². The molecule has 30 heavy (non-hydrogen) atoms. The maximum Gasteiger partial charge on any atom is 0.197 e. The summed E-state index contributed by atoms with van der Waals surface area (Å²) in [6, 6.07) is 15.3. The molecule has 0 saturated carbocycles. The van der Waals surface area contributed by atoms with E-state index < -0.39 is 5.82 Å². The van der Waals surface area contributed by atoms with Crippen LogP contribution in [0.3, 0.4) is 0 Å². The zero-order chi connectivity index (χ0) is 20.7. The lowest BCUT2D eigenvalue weighted by Crippen LogP contribution is -2.11. The Morgan fingerprint density at radius 1 is 1.10 bits per heavy atom. The van der Waals surface area contributed by atoms with E-state index in [-0.39, 0.29) is 5.78 Å². The van der Waals surface area contributed by atoms with Crippen LogP contribution < -0.4 is 10.6 Å². The molecular weight excluding hydrogens is 381 g/mol. The van der Waals surface area contributed by atoms with Gasteiger partial charge in [-0.05, 0) is 43.3 Å². The average molecular weight is 399 g/mol. The van der Waals surface area contributed by atoms with Gasteiger partial charge in [0.2, 0.25) is 0 Å². The van der Waals surface area contributed by atoms with Crippen LogP contribution in [0, 0.1) is 12.7 Å². The zero-order valence-electron chi connectivity index (χ0n) is 16.2. The lowest BCUT2D eigenvalue weighted by molar-refractivity contribution is 0.103. The molecule has 2 N–H and O–H groups in total. The number of carbonyl (C=O) groups is 1. The summed E-state index contributed by atoms with van der Waals surface area (Å²) >= 11 is 0. The van der Waals surface area contributed by atoms with Gasteiger partial charge < -0.3 is 10.6 Å². The number of ketones is 1. The summed E-state index contributed by atoms with van der Waals surface area (Å²) in [4.78, 5) is 18.0. The second kappa shape index (κ2) is 7.11. The molecule has 0 radical (unpaired) electrons. The fourth-order valence-corrected chi connectivity index (χ4v) is 3.61. The van der Waals surface area contributed by atoms with Gasteiger partial charge in [-0.2, -0.15) is 5.10 Å². The number of pyridine rings is 1. The van der Waals surface area contributed by atoms with E-state index in [1.165, 1.54) is 22.9 Å². The van der Waals surface area contributed by atoms with Crippen LogP contribution in [0.5, 0.6) is 0 Å². The number of aromatic nitrogens is 3. The number of benzene rings is 2. The number of anilines is 3. The Bertz CT molecular complexity index is 1280. The van der Waals surface area contributed by atoms with Gasteiger partial charge in [0.25, 0.3) is 0 Å². The topological polar surface area (TPSA) is 71.8 Å². The van der Waals surface area contributed by atoms with Gasteiger partial charge in [0.1, 0.15) is 11.6 Å². The lowest BCUT2D eigenvalue weighted by Gasteiger charge is -2.15. The van der Waals surface area contributed by atoms with Crippen LogP contribution in [-0.4, -0.2) is 20.5 Å². The average Bonchev–Trinajstić information content (AvgIpc) is 3.09. The third-order valence-corrected chi connectivity index (χ3v) is 5.09. The molecule has 2 aromatic carbocycles. The van der Waals surface area contributed by atoms with Gasteiger partial charge in [0.05, 0.1) is 22.8 Å². The highest BCUT2D eigenvalue weighted by molar-refractivity contribution is 6.16. The van der Waals surface area contributed by atoms with E-state index in [1.54, 1.807) is 18.5 Å². The van der Waals surface area contributed by atoms with Crippen molar-refractivity contribution in [1.82, 2.24) is 14.8 Å². The second-order valence-electron chi connectivity index (χ2n) is 7.11. The summed E-state index contributed by atoms with van der Waals surface area (Å²) in [7, 11) is 0. The highest BCUT2D eigenvalue weighted by Crippen LogP contribution is 2.35. The van der Waals surface area contributed by atoms with Crippen molar-refractivity contribution < 1.29 is 9.18 Å². The van der Waals surface area contributed by atoms with Crippen LogP contribution in [0.1, 0.15) is 27.2 Å². The predicted octanol–water partition coefficient (Wildman–Crippen LogP) is 4.61. The third-order valence-electron chi connectivity index (χ3n) is 5.09. The molecule has 1 aliphatic rings. The molecule has 0 unspecified atom stereocenters. The molecule has 5 rings (SSSR count). The number of hydrogen-bond acceptors (Lipinski definition) is 5. The molecule has 0 atom stereocenters. The highest BCUT2D eigenvalue weighted by atomic mass is 19.1. The lowest BCUT2D eigenvalue weighted by atomic mass is 9.99. The summed E-state index contributed by atoms with van der Waals surface area (Å²) in [6.45, 7) is 2.43. The predicted molar refractivity (Wildman–Crippen MR) is 113 cm³/mol. The minimum Gasteiger partial charge on any atom is -0.379 e. The standard InChI is InChI=1S/C23H18FN5O/c1-14-9-11-29(28-14)20-12-16(24)7-8-17(20)22(30)18-5-2-6-19-21(18)27-23-15(13-26-19)4-3-10-25-23/h2-12,26H,13H2,1H3,(H,25,27). The summed E-state index contributed by atoms with van der Waals surface area (Å²) in [5, 5.41) is 11.0. The number of carbonyl (C=O) groups excluding carboxylic acids is 1. The number of para-hydroxylation sites is 1. The van der Waals surface area contributed by atoms with Crippen molar-refractivity contribution in [3.05, 3.63) is 95.2 Å². The van der Waals surface area contributed by atoms with Gasteiger partial charge in [0.15, 0.2) is 5.78 Å². The highest BCUT2D eigenvalue weighted by Gasteiger charge is 2.23. The molecule has 0 bridgehead atoms. The van der Waals surface area contributed by atoms with Crippen LogP contribution >= 0.6 is 0 Å². The van der Waals surface area contributed by atoms with Crippen molar-refractivity contribution >= 4 is 23.0 Å². The molecule has 4 aromatic rings. The van der Waals surface area contributed by atoms with Gasteiger partial charge in [-0.1, -0.05) is 12.1 Å². The van der Waals surface area contributed by atoms with E-state index in [0.29, 0.717) is 34.9 Å². The third kappa shape index (κ3) is 3.10. The maximum atomic E-state index is 14.0. The first-order valence-corrected chi connectivity index (χ1v) is 9.55. The van der Waals surface area contributed by atoms with Crippen molar-refractivity contribution in [2.75, 3.05) is 10.6 Å². The van der Waals surface area contributed by atoms with E-state index in [0.717, 1.165) is 16.9 Å². The van der Waals surface area contributed by atoms with E-state index in [4.69, 9.17) is 0 Å². The number of aryl methyl sites for hydroxylation is 1. The molecule has 2 aromatic heterocycles. The van der Waals surface area contributed by atoms with Crippen molar-refractivity contribution in [1.29, 1.82) is 0 Å². The van der Waals surface area contributed by atoms with Crippen LogP contribution in [0.4, 0.5) is 21.6 Å². The van der Waals surface area contributed by atoms with Crippen LogP contribution in [0.15, 0.2) is 67.0 Å². The van der Waals surface area contributed by atoms with Crippen molar-refractivity contribution in [2.24, 2.45) is 0 Å². The van der Waals surface area contributed by atoms with E-state index >= 15 is 0 Å². The molecule has 7 heteroatoms. The molecule has 148 valence electrons. The van der Waals surface area contributed by atoms with E-state index in [9.17, 15) is 9.18 Å². The number of halogens is 1. The number of hydrogen-bond donors (Lipinski definition) is 2. The van der Waals surface area contributed by atoms with Gasteiger partial charge in [-0.25, -0.2) is 14.1 Å². The van der Waals surface area contributed by atoms with Crippen LogP contribution in [0.25, 0.3) is 5.69 Å². The molecule has 0 saturated heterocycles. The SMILES string of the molecule is Cc1ccn(-c2cc(F)ccc2C(=O)c2cccc3c2Nc2ncccc2CN3)n1. The fourth-order valence-electron chi connectivity index (χ4n) is 3.61. The summed E-state index contributed by atoms with van der Waals surface area (Å²) in [5.41, 5.74) is 4.45. The molecule has 0 spiro atoms. The second-order valence-corrected chi connectivity index (χ2v) is 7.11. The minimum atomic E-state index is -0.431. The molecule has 1 aliphatic heterocycles. The summed E-state index contributed by atoms with van der Waals surface area (Å²) in [5.74, 6) is 0.0363. The van der Waals surface area contributed by atoms with Gasteiger partial charge >= 0.3 is 0 Å². The normalized spacial score (nSPS) is 12.2. The Balaban J connectivity index is 1.63. The van der Waals surface area contributed by atoms with Crippen molar-refractivity contribution in [2.45, 2.75) is 13.5 Å². The fraction of sp³-hybridized carbons (Fsp3) is 0.0870. The molecule has 0 aliphatic carbocycles. The van der Waals surface area contributed by atoms with Crippen molar-refractivity contribution in [3.8, 4) is 5.69 Å². The smallest absolute Gasteiger partial charge is 0.197 e. The Kier molecular flexibility index (Phi) is 4.28. The summed E-state index contributed by atoms with van der Waals surface area (Å²) in [6.07, 6.45) is 3.42. The van der Waals surface area contributed by atoms with Gasteiger partial charge in [-0.3, -0.25) is 4.79 Å². The maximum absolute atomic E-state index is 14.0. The van der Waals surface area contributed by atoms with Crippen molar-refractivity contribution in [3.63, 3.8) is 0 Å². The van der Waals surface area contributed by atoms with Crippen LogP contribution in [-0.2, 0) is 6.54 Å². The molecular formula is C23H18FN5O. The Morgan fingerprint density at radius 2 is 2.00 bits per heavy atom. The molecule has 0 fully saturated rings. The number of nitrogens with one attached hydrogen (secondary N) is 2. The number of nitrogens with zero attached hydrogens (tertiary/aromatic N) is 3. The monoisotopic (exact) mass is 399 g/mol. The number of rotatable bonds is 3. The van der Waals surface area contributed by atoms with Gasteiger partial charge in [0, 0.05) is 41.7 Å². The zero-order valence-corrected chi connectivity index (χ0v) is 16.2. The van der Waals surface area contributed by atoms with E-state index in [1.807, 2.05) is 37.3 Å². The first-order valence-electron chi connectivity index (χ1n) is 9.55. The van der Waals surface area contributed by atoms with Crippen LogP contribution in [0.2, 0.25) is 0 Å². The first kappa shape index (κ1) is 18.1. The van der Waals surface area contributed by atoms with E-state index in [2.05, 4.69) is 20.7 Å². The summed E-state index contributed by atoms with van der Waals surface area (Å²) < 4.78 is 15.5. The quantitative estimate of drug-likeness (QED) is 0.492. The molecule has 3 heterocycles.